The molecular weight excluding hydrogens is 298 g/mol. The van der Waals surface area contributed by atoms with Crippen molar-refractivity contribution in [2.24, 2.45) is 0 Å². The maximum absolute atomic E-state index is 12.2. The van der Waals surface area contributed by atoms with Crippen LogP contribution < -0.4 is 9.46 Å². The Morgan fingerprint density at radius 1 is 1.09 bits per heavy atom. The maximum Gasteiger partial charge on any atom is 0.212 e. The molecule has 0 aliphatic rings. The Morgan fingerprint density at radius 2 is 1.82 bits per heavy atom. The standard InChI is InChI=1S/C17H21NO3S/c1-14(16-8-4-3-5-9-16)18-22(19,20)12-11-15-7-6-10-17(13-15)21-2/h3-10,13-14,18H,11-12H2,1-2H3. The first-order valence-corrected chi connectivity index (χ1v) is 8.83. The third kappa shape index (κ3) is 4.86. The maximum atomic E-state index is 12.2. The minimum absolute atomic E-state index is 0.0529. The van der Waals surface area contributed by atoms with Crippen LogP contribution in [0.5, 0.6) is 5.75 Å². The SMILES string of the molecule is COc1cccc(CCS(=O)(=O)NC(C)c2ccccc2)c1. The number of methoxy groups -OCH3 is 1. The normalized spacial score (nSPS) is 12.8. The predicted octanol–water partition coefficient (Wildman–Crippen LogP) is 2.92. The van der Waals surface area contributed by atoms with E-state index in [4.69, 9.17) is 4.74 Å². The van der Waals surface area contributed by atoms with Gasteiger partial charge in [-0.2, -0.15) is 0 Å². The van der Waals surface area contributed by atoms with E-state index in [0.29, 0.717) is 6.42 Å². The van der Waals surface area contributed by atoms with Gasteiger partial charge in [0, 0.05) is 6.04 Å². The second-order valence-corrected chi connectivity index (χ2v) is 7.04. The van der Waals surface area contributed by atoms with Crippen molar-refractivity contribution in [3.05, 3.63) is 65.7 Å². The molecule has 2 aromatic rings. The fraction of sp³-hybridized carbons (Fsp3) is 0.294. The first-order valence-electron chi connectivity index (χ1n) is 7.18. The second kappa shape index (κ2) is 7.42. The van der Waals surface area contributed by atoms with Crippen molar-refractivity contribution in [3.63, 3.8) is 0 Å². The number of aryl methyl sites for hydroxylation is 1. The van der Waals surface area contributed by atoms with Crippen LogP contribution in [0.15, 0.2) is 54.6 Å². The molecule has 2 aromatic carbocycles. The molecule has 118 valence electrons. The number of rotatable bonds is 7. The van der Waals surface area contributed by atoms with Crippen LogP contribution in [-0.4, -0.2) is 21.3 Å². The number of hydrogen-bond donors (Lipinski definition) is 1. The summed E-state index contributed by atoms with van der Waals surface area (Å²) in [4.78, 5) is 0. The van der Waals surface area contributed by atoms with Gasteiger partial charge in [0.1, 0.15) is 5.75 Å². The van der Waals surface area contributed by atoms with Gasteiger partial charge in [0.05, 0.1) is 12.9 Å². The molecule has 0 bridgehead atoms. The highest BCUT2D eigenvalue weighted by Gasteiger charge is 2.15. The molecule has 0 radical (unpaired) electrons. The van der Waals surface area contributed by atoms with Crippen molar-refractivity contribution in [2.45, 2.75) is 19.4 Å². The minimum atomic E-state index is -3.34. The quantitative estimate of drug-likeness (QED) is 0.854. The van der Waals surface area contributed by atoms with Crippen LogP contribution in [0.1, 0.15) is 24.1 Å². The van der Waals surface area contributed by atoms with Gasteiger partial charge in [0.2, 0.25) is 10.0 Å². The van der Waals surface area contributed by atoms with E-state index in [1.54, 1.807) is 7.11 Å². The smallest absolute Gasteiger partial charge is 0.212 e. The number of ether oxygens (including phenoxy) is 1. The summed E-state index contributed by atoms with van der Waals surface area (Å²) in [5, 5.41) is 0. The van der Waals surface area contributed by atoms with Crippen LogP contribution in [0, 0.1) is 0 Å². The molecule has 0 heterocycles. The Balaban J connectivity index is 1.96. The first kappa shape index (κ1) is 16.5. The van der Waals surface area contributed by atoms with Crippen LogP contribution in [-0.2, 0) is 16.4 Å². The van der Waals surface area contributed by atoms with Gasteiger partial charge in [-0.1, -0.05) is 42.5 Å². The highest BCUT2D eigenvalue weighted by molar-refractivity contribution is 7.89. The van der Waals surface area contributed by atoms with Gasteiger partial charge in [0.15, 0.2) is 0 Å². The highest BCUT2D eigenvalue weighted by Crippen LogP contribution is 2.15. The van der Waals surface area contributed by atoms with Crippen molar-refractivity contribution < 1.29 is 13.2 Å². The molecule has 5 heteroatoms. The summed E-state index contributed by atoms with van der Waals surface area (Å²) in [6.07, 6.45) is 0.452. The summed E-state index contributed by atoms with van der Waals surface area (Å²) in [6.45, 7) is 1.85. The molecule has 0 spiro atoms. The minimum Gasteiger partial charge on any atom is -0.497 e. The van der Waals surface area contributed by atoms with E-state index in [-0.39, 0.29) is 11.8 Å². The lowest BCUT2D eigenvalue weighted by atomic mass is 10.1. The van der Waals surface area contributed by atoms with Crippen molar-refractivity contribution in [2.75, 3.05) is 12.9 Å². The second-order valence-electron chi connectivity index (χ2n) is 5.17. The first-order chi connectivity index (χ1) is 10.5. The summed E-state index contributed by atoms with van der Waals surface area (Å²) in [6, 6.07) is 16.8. The Morgan fingerprint density at radius 3 is 2.50 bits per heavy atom. The molecule has 1 unspecified atom stereocenters. The Labute approximate surface area is 132 Å². The Bertz CT molecular complexity index is 699. The Kier molecular flexibility index (Phi) is 5.57. The summed E-state index contributed by atoms with van der Waals surface area (Å²) in [5.74, 6) is 0.790. The van der Waals surface area contributed by atoms with Gasteiger partial charge < -0.3 is 4.74 Å². The van der Waals surface area contributed by atoms with Crippen LogP contribution >= 0.6 is 0 Å². The van der Waals surface area contributed by atoms with Crippen LogP contribution in [0.3, 0.4) is 0 Å². The van der Waals surface area contributed by atoms with Crippen molar-refractivity contribution in [1.29, 1.82) is 0 Å². The molecule has 1 atom stereocenters. The van der Waals surface area contributed by atoms with Gasteiger partial charge in [-0.05, 0) is 36.6 Å². The fourth-order valence-electron chi connectivity index (χ4n) is 2.22. The van der Waals surface area contributed by atoms with Gasteiger partial charge in [0.25, 0.3) is 0 Å². The molecule has 4 nitrogen and oxygen atoms in total. The molecule has 0 aliphatic heterocycles. The molecule has 0 aromatic heterocycles. The zero-order valence-electron chi connectivity index (χ0n) is 12.8. The topological polar surface area (TPSA) is 55.4 Å². The van der Waals surface area contributed by atoms with E-state index in [0.717, 1.165) is 16.9 Å². The highest BCUT2D eigenvalue weighted by atomic mass is 32.2. The van der Waals surface area contributed by atoms with E-state index in [1.807, 2.05) is 61.5 Å². The molecule has 0 amide bonds. The summed E-state index contributed by atoms with van der Waals surface area (Å²) < 4.78 is 32.3. The molecule has 2 rings (SSSR count). The van der Waals surface area contributed by atoms with E-state index in [9.17, 15) is 8.42 Å². The van der Waals surface area contributed by atoms with Gasteiger partial charge in [-0.3, -0.25) is 0 Å². The number of hydrogen-bond acceptors (Lipinski definition) is 3. The fourth-order valence-corrected chi connectivity index (χ4v) is 3.52. The molecular formula is C17H21NO3S. The number of benzene rings is 2. The lowest BCUT2D eigenvalue weighted by Crippen LogP contribution is -2.29. The predicted molar refractivity (Wildman–Crippen MR) is 88.5 cm³/mol. The molecule has 0 saturated carbocycles. The average Bonchev–Trinajstić information content (AvgIpc) is 2.54. The molecule has 22 heavy (non-hydrogen) atoms. The lowest BCUT2D eigenvalue weighted by Gasteiger charge is -2.14. The van der Waals surface area contributed by atoms with Crippen molar-refractivity contribution in [3.8, 4) is 5.75 Å². The van der Waals surface area contributed by atoms with E-state index < -0.39 is 10.0 Å². The third-order valence-corrected chi connectivity index (χ3v) is 4.90. The van der Waals surface area contributed by atoms with E-state index >= 15 is 0 Å². The third-order valence-electron chi connectivity index (χ3n) is 3.45. The van der Waals surface area contributed by atoms with E-state index in [1.165, 1.54) is 0 Å². The molecule has 0 aliphatic carbocycles. The summed E-state index contributed by atoms with van der Waals surface area (Å²) >= 11 is 0. The number of sulfonamides is 1. The summed E-state index contributed by atoms with van der Waals surface area (Å²) in [7, 11) is -1.74. The van der Waals surface area contributed by atoms with Gasteiger partial charge in [-0.15, -0.1) is 0 Å². The summed E-state index contributed by atoms with van der Waals surface area (Å²) in [5.41, 5.74) is 1.89. The van der Waals surface area contributed by atoms with Crippen molar-refractivity contribution in [1.82, 2.24) is 4.72 Å². The average molecular weight is 319 g/mol. The van der Waals surface area contributed by atoms with Crippen LogP contribution in [0.25, 0.3) is 0 Å². The number of nitrogens with one attached hydrogen (secondary N) is 1. The van der Waals surface area contributed by atoms with Gasteiger partial charge in [-0.25, -0.2) is 13.1 Å². The van der Waals surface area contributed by atoms with Crippen LogP contribution in [0.4, 0.5) is 0 Å². The molecule has 1 N–H and O–H groups in total. The largest absolute Gasteiger partial charge is 0.497 e. The lowest BCUT2D eigenvalue weighted by molar-refractivity contribution is 0.414. The zero-order chi connectivity index (χ0) is 16.0. The van der Waals surface area contributed by atoms with Crippen molar-refractivity contribution >= 4 is 10.0 Å². The zero-order valence-corrected chi connectivity index (χ0v) is 13.6. The van der Waals surface area contributed by atoms with Gasteiger partial charge >= 0.3 is 0 Å². The molecule has 0 saturated heterocycles. The van der Waals surface area contributed by atoms with E-state index in [2.05, 4.69) is 4.72 Å². The Hall–Kier alpha value is -1.85. The van der Waals surface area contributed by atoms with Crippen LogP contribution in [0.2, 0.25) is 0 Å². The monoisotopic (exact) mass is 319 g/mol. The molecule has 0 fully saturated rings.